The van der Waals surface area contributed by atoms with Gasteiger partial charge in [0.05, 0.1) is 0 Å². The molecule has 0 radical (unpaired) electrons. The molecular weight excluding hydrogens is 327 g/mol. The highest BCUT2D eigenvalue weighted by molar-refractivity contribution is 5.94. The summed E-state index contributed by atoms with van der Waals surface area (Å²) in [4.78, 5) is 28.8. The number of benzene rings is 1. The first-order chi connectivity index (χ1) is 12.0. The van der Waals surface area contributed by atoms with Crippen LogP contribution in [0, 0.1) is 5.82 Å². The number of amides is 1. The highest BCUT2D eigenvalue weighted by Gasteiger charge is 2.25. The van der Waals surface area contributed by atoms with Crippen LogP contribution in [0.5, 0.6) is 5.75 Å². The molecule has 8 heteroatoms. The van der Waals surface area contributed by atoms with Crippen molar-refractivity contribution in [3.63, 3.8) is 0 Å². The molecule has 1 aliphatic rings. The Morgan fingerprint density at radius 3 is 2.80 bits per heavy atom. The van der Waals surface area contributed by atoms with Gasteiger partial charge in [-0.3, -0.25) is 14.2 Å². The first-order valence-electron chi connectivity index (χ1n) is 8.02. The van der Waals surface area contributed by atoms with Crippen LogP contribution in [0.4, 0.5) is 4.39 Å². The summed E-state index contributed by atoms with van der Waals surface area (Å²) in [5.41, 5.74) is -0.194. The average Bonchev–Trinajstić information content (AvgIpc) is 2.63. The maximum absolute atomic E-state index is 12.9. The zero-order chi connectivity index (χ0) is 18.0. The lowest BCUT2D eigenvalue weighted by molar-refractivity contribution is 0.0941. The van der Waals surface area contributed by atoms with Gasteiger partial charge in [-0.15, -0.1) is 0 Å². The third-order valence-electron chi connectivity index (χ3n) is 4.34. The topological polar surface area (TPSA) is 96.2 Å². The maximum Gasteiger partial charge on any atom is 0.296 e. The van der Waals surface area contributed by atoms with Crippen molar-refractivity contribution in [3.05, 3.63) is 57.5 Å². The van der Waals surface area contributed by atoms with E-state index in [-0.39, 0.29) is 24.1 Å². The van der Waals surface area contributed by atoms with Gasteiger partial charge in [-0.1, -0.05) is 12.1 Å². The smallest absolute Gasteiger partial charge is 0.296 e. The predicted molar refractivity (Wildman–Crippen MR) is 88.9 cm³/mol. The molecule has 1 aromatic carbocycles. The van der Waals surface area contributed by atoms with E-state index in [4.69, 9.17) is 0 Å². The van der Waals surface area contributed by atoms with E-state index in [0.29, 0.717) is 24.4 Å². The minimum absolute atomic E-state index is 0.137. The Balaban J connectivity index is 1.81. The summed E-state index contributed by atoms with van der Waals surface area (Å²) in [6, 6.07) is 5.84. The number of aromatic hydroxyl groups is 1. The maximum atomic E-state index is 12.9. The predicted octanol–water partition coefficient (Wildman–Crippen LogP) is 0.552. The van der Waals surface area contributed by atoms with E-state index in [9.17, 15) is 19.1 Å². The second-order valence-electron chi connectivity index (χ2n) is 5.97. The first-order valence-corrected chi connectivity index (χ1v) is 8.02. The van der Waals surface area contributed by atoms with Crippen molar-refractivity contribution in [1.29, 1.82) is 0 Å². The monoisotopic (exact) mass is 346 g/mol. The lowest BCUT2D eigenvalue weighted by Gasteiger charge is -2.25. The fourth-order valence-corrected chi connectivity index (χ4v) is 2.86. The van der Waals surface area contributed by atoms with Crippen molar-refractivity contribution in [1.82, 2.24) is 20.2 Å². The molecule has 0 spiro atoms. The van der Waals surface area contributed by atoms with Crippen LogP contribution in [-0.2, 0) is 19.5 Å². The van der Waals surface area contributed by atoms with Gasteiger partial charge in [0.25, 0.3) is 11.5 Å². The summed E-state index contributed by atoms with van der Waals surface area (Å²) in [5.74, 6) is -1.19. The molecule has 132 valence electrons. The van der Waals surface area contributed by atoms with Crippen molar-refractivity contribution in [3.8, 4) is 5.75 Å². The van der Waals surface area contributed by atoms with E-state index in [1.807, 2.05) is 7.05 Å². The van der Waals surface area contributed by atoms with Crippen LogP contribution in [0.2, 0.25) is 0 Å². The number of nitrogens with one attached hydrogen (secondary N) is 2. The Hall–Kier alpha value is -2.74. The number of likely N-dealkylation sites (N-methyl/N-ethyl adjacent to an activating group) is 1. The Kier molecular flexibility index (Phi) is 4.80. The first kappa shape index (κ1) is 17.1. The summed E-state index contributed by atoms with van der Waals surface area (Å²) >= 11 is 0. The van der Waals surface area contributed by atoms with E-state index in [0.717, 1.165) is 6.42 Å². The largest absolute Gasteiger partial charge is 0.501 e. The summed E-state index contributed by atoms with van der Waals surface area (Å²) in [6.45, 7) is 0.579. The van der Waals surface area contributed by atoms with Gasteiger partial charge in [0, 0.05) is 25.6 Å². The zero-order valence-electron chi connectivity index (χ0n) is 13.8. The summed E-state index contributed by atoms with van der Waals surface area (Å²) in [7, 11) is 1.83. The molecule has 2 aromatic rings. The van der Waals surface area contributed by atoms with E-state index in [1.54, 1.807) is 12.1 Å². The minimum atomic E-state index is -0.650. The van der Waals surface area contributed by atoms with Crippen molar-refractivity contribution in [2.75, 3.05) is 7.05 Å². The lowest BCUT2D eigenvalue weighted by atomic mass is 10.1. The molecule has 2 heterocycles. The van der Waals surface area contributed by atoms with Crippen LogP contribution in [0.1, 0.15) is 28.3 Å². The van der Waals surface area contributed by atoms with Gasteiger partial charge in [-0.25, -0.2) is 9.37 Å². The van der Waals surface area contributed by atoms with Crippen LogP contribution < -0.4 is 16.2 Å². The molecule has 1 amide bonds. The third-order valence-corrected chi connectivity index (χ3v) is 4.34. The van der Waals surface area contributed by atoms with Gasteiger partial charge < -0.3 is 15.7 Å². The second-order valence-corrected chi connectivity index (χ2v) is 5.97. The van der Waals surface area contributed by atoms with E-state index in [1.165, 1.54) is 16.7 Å². The molecular formula is C17H19FN4O3. The highest BCUT2D eigenvalue weighted by Crippen LogP contribution is 2.16. The number of hydrogen-bond donors (Lipinski definition) is 3. The minimum Gasteiger partial charge on any atom is -0.501 e. The molecule has 0 aliphatic carbocycles. The van der Waals surface area contributed by atoms with Gasteiger partial charge in [0.2, 0.25) is 5.75 Å². The Morgan fingerprint density at radius 2 is 2.12 bits per heavy atom. The van der Waals surface area contributed by atoms with Crippen LogP contribution in [0.25, 0.3) is 0 Å². The number of halogens is 1. The number of nitrogens with zero attached hydrogens (tertiary/aromatic N) is 2. The van der Waals surface area contributed by atoms with Crippen LogP contribution in [-0.4, -0.2) is 33.7 Å². The normalized spacial score (nSPS) is 16.3. The molecule has 0 fully saturated rings. The molecule has 3 rings (SSSR count). The number of rotatable bonds is 4. The van der Waals surface area contributed by atoms with E-state index < -0.39 is 17.2 Å². The number of aromatic nitrogens is 2. The van der Waals surface area contributed by atoms with E-state index in [2.05, 4.69) is 15.6 Å². The standard InChI is InChI=1S/C17H19FN4O3/c1-19-12-6-7-22-13(8-12)21-14(15(23)17(22)25)16(24)20-9-10-2-4-11(18)5-3-10/h2-5,12,19,23H,6-9H2,1H3,(H,20,24). The number of fused-ring (bicyclic) bond motifs is 1. The molecule has 3 N–H and O–H groups in total. The van der Waals surface area contributed by atoms with E-state index >= 15 is 0 Å². The Morgan fingerprint density at radius 1 is 1.40 bits per heavy atom. The molecule has 25 heavy (non-hydrogen) atoms. The van der Waals surface area contributed by atoms with Gasteiger partial charge in [0.1, 0.15) is 11.6 Å². The van der Waals surface area contributed by atoms with Crippen LogP contribution in [0.3, 0.4) is 0 Å². The third kappa shape index (κ3) is 3.53. The van der Waals surface area contributed by atoms with Gasteiger partial charge in [-0.2, -0.15) is 0 Å². The van der Waals surface area contributed by atoms with Crippen molar-refractivity contribution in [2.45, 2.75) is 32.0 Å². The van der Waals surface area contributed by atoms with Crippen molar-refractivity contribution < 1.29 is 14.3 Å². The molecule has 1 atom stereocenters. The average molecular weight is 346 g/mol. The van der Waals surface area contributed by atoms with Gasteiger partial charge in [0.15, 0.2) is 5.69 Å². The fraction of sp³-hybridized carbons (Fsp3) is 0.353. The summed E-state index contributed by atoms with van der Waals surface area (Å²) in [5, 5.41) is 15.8. The lowest BCUT2D eigenvalue weighted by Crippen LogP contribution is -2.40. The molecule has 7 nitrogen and oxygen atoms in total. The summed E-state index contributed by atoms with van der Waals surface area (Å²) < 4.78 is 14.3. The Bertz CT molecular complexity index is 848. The SMILES string of the molecule is CNC1CCn2c(nc(C(=O)NCc3ccc(F)cc3)c(O)c2=O)C1. The molecule has 0 bridgehead atoms. The molecule has 1 aliphatic heterocycles. The van der Waals surface area contributed by atoms with Crippen molar-refractivity contribution in [2.24, 2.45) is 0 Å². The number of carbonyl (C=O) groups is 1. The fourth-order valence-electron chi connectivity index (χ4n) is 2.86. The van der Waals surface area contributed by atoms with Crippen LogP contribution >= 0.6 is 0 Å². The number of carbonyl (C=O) groups excluding carboxylic acids is 1. The summed E-state index contributed by atoms with van der Waals surface area (Å²) in [6.07, 6.45) is 1.25. The van der Waals surface area contributed by atoms with Gasteiger partial charge in [-0.05, 0) is 31.2 Å². The van der Waals surface area contributed by atoms with Gasteiger partial charge >= 0.3 is 0 Å². The molecule has 1 unspecified atom stereocenters. The zero-order valence-corrected chi connectivity index (χ0v) is 13.8. The van der Waals surface area contributed by atoms with Crippen LogP contribution in [0.15, 0.2) is 29.1 Å². The van der Waals surface area contributed by atoms with Crippen molar-refractivity contribution >= 4 is 5.91 Å². The number of hydrogen-bond acceptors (Lipinski definition) is 5. The second kappa shape index (κ2) is 7.02. The highest BCUT2D eigenvalue weighted by atomic mass is 19.1. The molecule has 0 saturated carbocycles. The molecule has 1 aromatic heterocycles. The Labute approximate surface area is 143 Å². The quantitative estimate of drug-likeness (QED) is 0.751. The molecule has 0 saturated heterocycles.